The van der Waals surface area contributed by atoms with Crippen LogP contribution >= 0.6 is 0 Å². The summed E-state index contributed by atoms with van der Waals surface area (Å²) < 4.78 is 0. The van der Waals surface area contributed by atoms with Gasteiger partial charge in [-0.05, 0) is 19.4 Å². The van der Waals surface area contributed by atoms with Gasteiger partial charge in [0, 0.05) is 12.5 Å². The Morgan fingerprint density at radius 2 is 1.94 bits per heavy atom. The third-order valence-corrected chi connectivity index (χ3v) is 3.38. The molecule has 0 aliphatic carbocycles. The van der Waals surface area contributed by atoms with Crippen molar-refractivity contribution in [1.82, 2.24) is 4.90 Å². The van der Waals surface area contributed by atoms with E-state index in [0.717, 1.165) is 5.56 Å². The summed E-state index contributed by atoms with van der Waals surface area (Å²) in [5, 5.41) is 9.28. The first-order chi connectivity index (χ1) is 8.52. The Balaban J connectivity index is 2.43. The Labute approximate surface area is 106 Å². The number of carbonyl (C=O) groups is 2. The number of amides is 1. The molecule has 18 heavy (non-hydrogen) atoms. The lowest BCUT2D eigenvalue weighted by molar-refractivity contribution is -0.142. The summed E-state index contributed by atoms with van der Waals surface area (Å²) in [5.41, 5.74) is 0.893. The molecule has 0 spiro atoms. The van der Waals surface area contributed by atoms with Gasteiger partial charge in [0.2, 0.25) is 5.91 Å². The molecule has 1 N–H and O–H groups in total. The molecule has 1 aliphatic rings. The number of likely N-dealkylation sites (tertiary alicyclic amines) is 1. The minimum atomic E-state index is -0.902. The van der Waals surface area contributed by atoms with Crippen LogP contribution in [0.3, 0.4) is 0 Å². The SMILES string of the molecule is CC(C)N1C(=O)CC(C(=O)O)C1c1ccccc1. The lowest BCUT2D eigenvalue weighted by atomic mass is 9.93. The predicted octanol–water partition coefficient (Wildman–Crippen LogP) is 2.07. The third-order valence-electron chi connectivity index (χ3n) is 3.38. The van der Waals surface area contributed by atoms with Gasteiger partial charge in [-0.2, -0.15) is 0 Å². The lowest BCUT2D eigenvalue weighted by Gasteiger charge is -2.30. The van der Waals surface area contributed by atoms with Gasteiger partial charge < -0.3 is 10.0 Å². The van der Waals surface area contributed by atoms with E-state index in [1.807, 2.05) is 44.2 Å². The molecule has 0 aromatic heterocycles. The average molecular weight is 247 g/mol. The zero-order chi connectivity index (χ0) is 13.3. The maximum Gasteiger partial charge on any atom is 0.309 e. The van der Waals surface area contributed by atoms with Crippen molar-refractivity contribution in [3.05, 3.63) is 35.9 Å². The van der Waals surface area contributed by atoms with Crippen LogP contribution in [-0.2, 0) is 9.59 Å². The molecule has 0 radical (unpaired) electrons. The number of hydrogen-bond acceptors (Lipinski definition) is 2. The highest BCUT2D eigenvalue weighted by molar-refractivity contribution is 5.87. The second-order valence-corrected chi connectivity index (χ2v) is 4.90. The Hall–Kier alpha value is -1.84. The van der Waals surface area contributed by atoms with Crippen LogP contribution in [0, 0.1) is 5.92 Å². The number of carboxylic acid groups (broad SMARTS) is 1. The number of rotatable bonds is 3. The van der Waals surface area contributed by atoms with E-state index >= 15 is 0 Å². The molecule has 1 saturated heterocycles. The molecule has 1 fully saturated rings. The fraction of sp³-hybridized carbons (Fsp3) is 0.429. The van der Waals surface area contributed by atoms with Gasteiger partial charge in [0.25, 0.3) is 0 Å². The van der Waals surface area contributed by atoms with Gasteiger partial charge in [-0.25, -0.2) is 0 Å². The molecule has 1 aliphatic heterocycles. The maximum atomic E-state index is 12.0. The van der Waals surface area contributed by atoms with Crippen molar-refractivity contribution < 1.29 is 14.7 Å². The third kappa shape index (κ3) is 2.10. The molecule has 2 atom stereocenters. The van der Waals surface area contributed by atoms with E-state index in [0.29, 0.717) is 0 Å². The van der Waals surface area contributed by atoms with Crippen molar-refractivity contribution >= 4 is 11.9 Å². The van der Waals surface area contributed by atoms with Gasteiger partial charge in [0.15, 0.2) is 0 Å². The van der Waals surface area contributed by atoms with Gasteiger partial charge in [-0.15, -0.1) is 0 Å². The summed E-state index contributed by atoms with van der Waals surface area (Å²) in [6.07, 6.45) is 0.0904. The molecule has 4 nitrogen and oxygen atoms in total. The topological polar surface area (TPSA) is 57.6 Å². The zero-order valence-corrected chi connectivity index (χ0v) is 10.5. The number of benzene rings is 1. The highest BCUT2D eigenvalue weighted by Gasteiger charge is 2.45. The molecular formula is C14H17NO3. The zero-order valence-electron chi connectivity index (χ0n) is 10.5. The summed E-state index contributed by atoms with van der Waals surface area (Å²) >= 11 is 0. The summed E-state index contributed by atoms with van der Waals surface area (Å²) in [5.74, 6) is -1.63. The first-order valence-electron chi connectivity index (χ1n) is 6.11. The van der Waals surface area contributed by atoms with E-state index in [4.69, 9.17) is 0 Å². The Morgan fingerprint density at radius 1 is 1.33 bits per heavy atom. The summed E-state index contributed by atoms with van der Waals surface area (Å²) in [6.45, 7) is 3.83. The van der Waals surface area contributed by atoms with Crippen molar-refractivity contribution in [3.8, 4) is 0 Å². The molecule has 2 rings (SSSR count). The Bertz CT molecular complexity index is 455. The van der Waals surface area contributed by atoms with Crippen LogP contribution in [0.25, 0.3) is 0 Å². The second kappa shape index (κ2) is 4.80. The summed E-state index contributed by atoms with van der Waals surface area (Å²) in [6, 6.07) is 9.05. The van der Waals surface area contributed by atoms with Gasteiger partial charge in [-0.1, -0.05) is 30.3 Å². The molecular weight excluding hydrogens is 230 g/mol. The summed E-state index contributed by atoms with van der Waals surface area (Å²) in [7, 11) is 0. The van der Waals surface area contributed by atoms with E-state index in [1.165, 1.54) is 0 Å². The first-order valence-corrected chi connectivity index (χ1v) is 6.11. The van der Waals surface area contributed by atoms with Crippen molar-refractivity contribution in [2.75, 3.05) is 0 Å². The minimum absolute atomic E-state index is 0.00653. The smallest absolute Gasteiger partial charge is 0.309 e. The van der Waals surface area contributed by atoms with Crippen LogP contribution in [0.1, 0.15) is 31.9 Å². The largest absolute Gasteiger partial charge is 0.481 e. The molecule has 1 heterocycles. The molecule has 0 bridgehead atoms. The van der Waals surface area contributed by atoms with E-state index in [9.17, 15) is 14.7 Å². The van der Waals surface area contributed by atoms with Gasteiger partial charge in [0.1, 0.15) is 0 Å². The molecule has 4 heteroatoms. The van der Waals surface area contributed by atoms with Crippen molar-refractivity contribution in [3.63, 3.8) is 0 Å². The second-order valence-electron chi connectivity index (χ2n) is 4.90. The Morgan fingerprint density at radius 3 is 2.44 bits per heavy atom. The molecule has 0 saturated carbocycles. The standard InChI is InChI=1S/C14H17NO3/c1-9(2)15-12(16)8-11(14(17)18)13(15)10-6-4-3-5-7-10/h3-7,9,11,13H,8H2,1-2H3,(H,17,18). The highest BCUT2D eigenvalue weighted by atomic mass is 16.4. The molecule has 2 unspecified atom stereocenters. The maximum absolute atomic E-state index is 12.0. The number of carboxylic acids is 1. The minimum Gasteiger partial charge on any atom is -0.481 e. The number of aliphatic carboxylic acids is 1. The highest BCUT2D eigenvalue weighted by Crippen LogP contribution is 2.39. The number of carbonyl (C=O) groups excluding carboxylic acids is 1. The fourth-order valence-electron chi connectivity index (χ4n) is 2.63. The van der Waals surface area contributed by atoms with Gasteiger partial charge in [-0.3, -0.25) is 9.59 Å². The number of hydrogen-bond donors (Lipinski definition) is 1. The van der Waals surface area contributed by atoms with Gasteiger partial charge in [0.05, 0.1) is 12.0 Å². The van der Waals surface area contributed by atoms with E-state index < -0.39 is 11.9 Å². The summed E-state index contributed by atoms with van der Waals surface area (Å²) in [4.78, 5) is 25.0. The van der Waals surface area contributed by atoms with E-state index in [2.05, 4.69) is 0 Å². The van der Waals surface area contributed by atoms with Crippen LogP contribution in [0.2, 0.25) is 0 Å². The molecule has 1 amide bonds. The van der Waals surface area contributed by atoms with Gasteiger partial charge >= 0.3 is 5.97 Å². The van der Waals surface area contributed by atoms with Crippen LogP contribution < -0.4 is 0 Å². The first kappa shape index (κ1) is 12.6. The monoisotopic (exact) mass is 247 g/mol. The normalized spacial score (nSPS) is 23.7. The van der Waals surface area contributed by atoms with Crippen LogP contribution in [-0.4, -0.2) is 27.9 Å². The van der Waals surface area contributed by atoms with Crippen molar-refractivity contribution in [2.24, 2.45) is 5.92 Å². The predicted molar refractivity (Wildman–Crippen MR) is 66.9 cm³/mol. The van der Waals surface area contributed by atoms with Crippen LogP contribution in [0.4, 0.5) is 0 Å². The molecule has 1 aromatic rings. The average Bonchev–Trinajstić information content (AvgIpc) is 2.68. The fourth-order valence-corrected chi connectivity index (χ4v) is 2.63. The van der Waals surface area contributed by atoms with E-state index in [-0.39, 0.29) is 24.4 Å². The number of nitrogens with zero attached hydrogens (tertiary/aromatic N) is 1. The molecule has 1 aromatic carbocycles. The van der Waals surface area contributed by atoms with E-state index in [1.54, 1.807) is 4.90 Å². The van der Waals surface area contributed by atoms with Crippen molar-refractivity contribution in [2.45, 2.75) is 32.4 Å². The van der Waals surface area contributed by atoms with Crippen LogP contribution in [0.15, 0.2) is 30.3 Å². The Kier molecular flexibility index (Phi) is 3.36. The molecule has 96 valence electrons. The lowest BCUT2D eigenvalue weighted by Crippen LogP contribution is -2.36. The quantitative estimate of drug-likeness (QED) is 0.889. The van der Waals surface area contributed by atoms with Crippen molar-refractivity contribution in [1.29, 1.82) is 0 Å². The van der Waals surface area contributed by atoms with Crippen LogP contribution in [0.5, 0.6) is 0 Å².